The second-order valence-electron chi connectivity index (χ2n) is 3.53. The Morgan fingerprint density at radius 3 is 2.33 bits per heavy atom. The van der Waals surface area contributed by atoms with Gasteiger partial charge in [0.2, 0.25) is 0 Å². The number of carbonyl (C=O) groups excluding carboxylic acids is 2. The smallest absolute Gasteiger partial charge is 0.407 e. The molecule has 0 aromatic rings. The van der Waals surface area contributed by atoms with Crippen LogP contribution in [-0.4, -0.2) is 31.8 Å². The zero-order valence-electron chi connectivity index (χ0n) is 9.70. The summed E-state index contributed by atoms with van der Waals surface area (Å²) < 4.78 is 9.38. The fourth-order valence-electron chi connectivity index (χ4n) is 0.988. The van der Waals surface area contributed by atoms with Crippen molar-refractivity contribution in [2.24, 2.45) is 5.92 Å². The van der Waals surface area contributed by atoms with Gasteiger partial charge in [0.25, 0.3) is 0 Å². The second-order valence-corrected chi connectivity index (χ2v) is 3.53. The number of alkyl carbamates (subject to hydrolysis) is 1. The highest BCUT2D eigenvalue weighted by Gasteiger charge is 2.25. The lowest BCUT2D eigenvalue weighted by Gasteiger charge is -2.19. The third-order valence-electron chi connectivity index (χ3n) is 1.83. The molecule has 0 aliphatic rings. The number of methoxy groups -OCH3 is 1. The van der Waals surface area contributed by atoms with E-state index < -0.39 is 18.1 Å². The third kappa shape index (κ3) is 5.24. The molecule has 5 nitrogen and oxygen atoms in total. The van der Waals surface area contributed by atoms with E-state index >= 15 is 0 Å². The van der Waals surface area contributed by atoms with Crippen LogP contribution >= 0.6 is 0 Å². The van der Waals surface area contributed by atoms with Crippen molar-refractivity contribution >= 4 is 12.1 Å². The number of nitrogens with one attached hydrogen (secondary N) is 1. The van der Waals surface area contributed by atoms with Crippen molar-refractivity contribution in [2.45, 2.75) is 33.2 Å². The number of rotatable bonds is 5. The Bertz CT molecular complexity index is 215. The summed E-state index contributed by atoms with van der Waals surface area (Å²) in [4.78, 5) is 22.5. The molecule has 0 aliphatic carbocycles. The molecule has 0 rings (SSSR count). The van der Waals surface area contributed by atoms with Gasteiger partial charge in [-0.1, -0.05) is 20.8 Å². The highest BCUT2D eigenvalue weighted by molar-refractivity contribution is 5.81. The van der Waals surface area contributed by atoms with Crippen LogP contribution in [0, 0.1) is 5.92 Å². The van der Waals surface area contributed by atoms with Crippen molar-refractivity contribution in [3.05, 3.63) is 0 Å². The summed E-state index contributed by atoms with van der Waals surface area (Å²) in [5.41, 5.74) is 0. The predicted octanol–water partition coefficient (Wildman–Crippen LogP) is 1.32. The molecule has 0 fully saturated rings. The molecular formula is C10H19NO4. The molecule has 0 aliphatic heterocycles. The first-order chi connectivity index (χ1) is 7.02. The zero-order valence-corrected chi connectivity index (χ0v) is 9.70. The van der Waals surface area contributed by atoms with Gasteiger partial charge in [0, 0.05) is 0 Å². The summed E-state index contributed by atoms with van der Waals surface area (Å²) in [5.74, 6) is -0.495. The average molecular weight is 217 g/mol. The SMILES string of the molecule is CCCOC(=O)NC(C(=O)OC)C(C)C. The molecule has 1 atom stereocenters. The van der Waals surface area contributed by atoms with Gasteiger partial charge in [-0.05, 0) is 12.3 Å². The number of amides is 1. The number of hydrogen-bond donors (Lipinski definition) is 1. The number of ether oxygens (including phenoxy) is 2. The van der Waals surface area contributed by atoms with Crippen LogP contribution in [0.1, 0.15) is 27.2 Å². The summed E-state index contributed by atoms with van der Waals surface area (Å²) in [6.45, 7) is 5.88. The lowest BCUT2D eigenvalue weighted by Crippen LogP contribution is -2.45. The molecule has 0 saturated carbocycles. The zero-order chi connectivity index (χ0) is 11.8. The minimum Gasteiger partial charge on any atom is -0.467 e. The van der Waals surface area contributed by atoms with Gasteiger partial charge in [-0.3, -0.25) is 0 Å². The molecule has 1 amide bonds. The standard InChI is InChI=1S/C10H19NO4/c1-5-6-15-10(13)11-8(7(2)3)9(12)14-4/h7-8H,5-6H2,1-4H3,(H,11,13). The van der Waals surface area contributed by atoms with E-state index in [1.54, 1.807) is 0 Å². The van der Waals surface area contributed by atoms with E-state index in [0.29, 0.717) is 6.61 Å². The van der Waals surface area contributed by atoms with E-state index in [1.807, 2.05) is 20.8 Å². The van der Waals surface area contributed by atoms with Crippen molar-refractivity contribution in [2.75, 3.05) is 13.7 Å². The monoisotopic (exact) mass is 217 g/mol. The Hall–Kier alpha value is -1.26. The minimum atomic E-state index is -0.653. The van der Waals surface area contributed by atoms with E-state index in [-0.39, 0.29) is 5.92 Å². The van der Waals surface area contributed by atoms with Crippen molar-refractivity contribution in [3.63, 3.8) is 0 Å². The molecule has 5 heteroatoms. The van der Waals surface area contributed by atoms with E-state index in [4.69, 9.17) is 4.74 Å². The number of esters is 1. The molecule has 0 heterocycles. The Labute approximate surface area is 90.1 Å². The van der Waals surface area contributed by atoms with Crippen LogP contribution in [0.2, 0.25) is 0 Å². The fraction of sp³-hybridized carbons (Fsp3) is 0.800. The van der Waals surface area contributed by atoms with Gasteiger partial charge < -0.3 is 14.8 Å². The van der Waals surface area contributed by atoms with Crippen molar-refractivity contribution < 1.29 is 19.1 Å². The molecule has 0 spiro atoms. The lowest BCUT2D eigenvalue weighted by molar-refractivity contribution is -0.144. The minimum absolute atomic E-state index is 0.0355. The molecule has 88 valence electrons. The van der Waals surface area contributed by atoms with Gasteiger partial charge in [-0.15, -0.1) is 0 Å². The highest BCUT2D eigenvalue weighted by atomic mass is 16.6. The fourth-order valence-corrected chi connectivity index (χ4v) is 0.988. The van der Waals surface area contributed by atoms with Crippen molar-refractivity contribution in [3.8, 4) is 0 Å². The van der Waals surface area contributed by atoms with Gasteiger partial charge in [-0.2, -0.15) is 0 Å². The van der Waals surface area contributed by atoms with Crippen LogP contribution in [-0.2, 0) is 14.3 Å². The Balaban J connectivity index is 4.17. The largest absolute Gasteiger partial charge is 0.467 e. The second kappa shape index (κ2) is 7.09. The summed E-state index contributed by atoms with van der Waals surface area (Å²) in [7, 11) is 1.29. The van der Waals surface area contributed by atoms with E-state index in [9.17, 15) is 9.59 Å². The Kier molecular flexibility index (Phi) is 6.49. The molecule has 15 heavy (non-hydrogen) atoms. The average Bonchev–Trinajstić information content (AvgIpc) is 2.21. The van der Waals surface area contributed by atoms with Gasteiger partial charge in [0.15, 0.2) is 0 Å². The van der Waals surface area contributed by atoms with E-state index in [2.05, 4.69) is 10.1 Å². The van der Waals surface area contributed by atoms with Crippen LogP contribution in [0.5, 0.6) is 0 Å². The molecule has 0 saturated heterocycles. The van der Waals surface area contributed by atoms with Crippen LogP contribution in [0.3, 0.4) is 0 Å². The van der Waals surface area contributed by atoms with E-state index in [0.717, 1.165) is 6.42 Å². The predicted molar refractivity (Wildman–Crippen MR) is 55.4 cm³/mol. The molecule has 1 unspecified atom stereocenters. The molecule has 0 radical (unpaired) electrons. The van der Waals surface area contributed by atoms with Crippen molar-refractivity contribution in [1.82, 2.24) is 5.32 Å². The number of carbonyl (C=O) groups is 2. The maximum atomic E-state index is 11.3. The summed E-state index contributed by atoms with van der Waals surface area (Å²) in [6.07, 6.45) is 0.166. The highest BCUT2D eigenvalue weighted by Crippen LogP contribution is 2.03. The normalized spacial score (nSPS) is 12.1. The Morgan fingerprint density at radius 1 is 1.33 bits per heavy atom. The maximum absolute atomic E-state index is 11.3. The molecule has 0 aromatic carbocycles. The van der Waals surface area contributed by atoms with Gasteiger partial charge >= 0.3 is 12.1 Å². The van der Waals surface area contributed by atoms with Crippen LogP contribution < -0.4 is 5.32 Å². The summed E-state index contributed by atoms with van der Waals surface area (Å²) >= 11 is 0. The Morgan fingerprint density at radius 2 is 1.93 bits per heavy atom. The van der Waals surface area contributed by atoms with Crippen molar-refractivity contribution in [1.29, 1.82) is 0 Å². The summed E-state index contributed by atoms with van der Waals surface area (Å²) in [5, 5.41) is 2.47. The third-order valence-corrected chi connectivity index (χ3v) is 1.83. The molecule has 0 bridgehead atoms. The van der Waals surface area contributed by atoms with Gasteiger partial charge in [0.05, 0.1) is 13.7 Å². The van der Waals surface area contributed by atoms with Crippen LogP contribution in [0.25, 0.3) is 0 Å². The van der Waals surface area contributed by atoms with Gasteiger partial charge in [0.1, 0.15) is 6.04 Å². The quantitative estimate of drug-likeness (QED) is 0.705. The first kappa shape index (κ1) is 13.7. The van der Waals surface area contributed by atoms with Crippen LogP contribution in [0.15, 0.2) is 0 Å². The topological polar surface area (TPSA) is 64.6 Å². The first-order valence-electron chi connectivity index (χ1n) is 5.04. The summed E-state index contributed by atoms with van der Waals surface area (Å²) in [6, 6.07) is -0.653. The van der Waals surface area contributed by atoms with E-state index in [1.165, 1.54) is 7.11 Å². The van der Waals surface area contributed by atoms with Gasteiger partial charge in [-0.25, -0.2) is 9.59 Å². The maximum Gasteiger partial charge on any atom is 0.407 e. The molecule has 1 N–H and O–H groups in total. The molecular weight excluding hydrogens is 198 g/mol. The first-order valence-corrected chi connectivity index (χ1v) is 5.04. The molecule has 0 aromatic heterocycles. The lowest BCUT2D eigenvalue weighted by atomic mass is 10.1. The number of hydrogen-bond acceptors (Lipinski definition) is 4. The van der Waals surface area contributed by atoms with Crippen LogP contribution in [0.4, 0.5) is 4.79 Å².